The van der Waals surface area contributed by atoms with Gasteiger partial charge in [-0.3, -0.25) is 9.54 Å². The lowest BCUT2D eigenvalue weighted by atomic mass is 10.0. The molecule has 7 heteroatoms. The first kappa shape index (κ1) is 19.5. The molecule has 0 aliphatic carbocycles. The Labute approximate surface area is 148 Å². The molecule has 2 rings (SSSR count). The molecule has 2 aromatic rings. The SMILES string of the molecule is CCCC(c1ccc(-c2ccc(COCOC)cc2)cn1)S(=O)(=O)O. The maximum atomic E-state index is 11.5. The fourth-order valence-corrected chi connectivity index (χ4v) is 3.49. The van der Waals surface area contributed by atoms with Gasteiger partial charge in [0.05, 0.1) is 12.3 Å². The van der Waals surface area contributed by atoms with E-state index in [-0.39, 0.29) is 6.79 Å². The van der Waals surface area contributed by atoms with E-state index in [1.165, 1.54) is 0 Å². The van der Waals surface area contributed by atoms with Crippen LogP contribution in [0.5, 0.6) is 0 Å². The molecule has 25 heavy (non-hydrogen) atoms. The molecule has 1 unspecified atom stereocenters. The highest BCUT2D eigenvalue weighted by atomic mass is 32.2. The van der Waals surface area contributed by atoms with E-state index < -0.39 is 15.4 Å². The number of rotatable bonds is 9. The summed E-state index contributed by atoms with van der Waals surface area (Å²) >= 11 is 0. The molecule has 0 spiro atoms. The van der Waals surface area contributed by atoms with Crippen LogP contribution in [0.2, 0.25) is 0 Å². The quantitative estimate of drug-likeness (QED) is 0.415. The zero-order valence-corrected chi connectivity index (χ0v) is 15.2. The Morgan fingerprint density at radius 2 is 1.80 bits per heavy atom. The summed E-state index contributed by atoms with van der Waals surface area (Å²) in [7, 11) is -2.58. The van der Waals surface area contributed by atoms with Gasteiger partial charge in [0.25, 0.3) is 10.1 Å². The van der Waals surface area contributed by atoms with Gasteiger partial charge in [-0.2, -0.15) is 8.42 Å². The number of benzene rings is 1. The van der Waals surface area contributed by atoms with Gasteiger partial charge < -0.3 is 9.47 Å². The highest BCUT2D eigenvalue weighted by molar-refractivity contribution is 7.86. The number of ether oxygens (including phenoxy) is 2. The van der Waals surface area contributed by atoms with Crippen LogP contribution in [0, 0.1) is 0 Å². The van der Waals surface area contributed by atoms with Crippen molar-refractivity contribution in [1.82, 2.24) is 4.98 Å². The van der Waals surface area contributed by atoms with Crippen LogP contribution in [-0.2, 0) is 26.2 Å². The molecule has 0 aliphatic rings. The van der Waals surface area contributed by atoms with Crippen molar-refractivity contribution in [3.05, 3.63) is 53.9 Å². The van der Waals surface area contributed by atoms with Crippen molar-refractivity contribution in [1.29, 1.82) is 0 Å². The van der Waals surface area contributed by atoms with E-state index in [0.717, 1.165) is 16.7 Å². The van der Waals surface area contributed by atoms with Crippen molar-refractivity contribution in [2.45, 2.75) is 31.6 Å². The van der Waals surface area contributed by atoms with Gasteiger partial charge in [-0.1, -0.05) is 43.7 Å². The van der Waals surface area contributed by atoms with Gasteiger partial charge in [0.15, 0.2) is 0 Å². The minimum atomic E-state index is -4.16. The van der Waals surface area contributed by atoms with E-state index >= 15 is 0 Å². The minimum absolute atomic E-state index is 0.250. The predicted molar refractivity (Wildman–Crippen MR) is 95.5 cm³/mol. The fraction of sp³-hybridized carbons (Fsp3) is 0.389. The van der Waals surface area contributed by atoms with E-state index in [1.54, 1.807) is 19.4 Å². The first-order chi connectivity index (χ1) is 12.0. The summed E-state index contributed by atoms with van der Waals surface area (Å²) < 4.78 is 42.5. The van der Waals surface area contributed by atoms with Gasteiger partial charge in [-0.15, -0.1) is 0 Å². The molecular weight excluding hydrogens is 342 g/mol. The normalized spacial score (nSPS) is 12.9. The Morgan fingerprint density at radius 1 is 1.12 bits per heavy atom. The van der Waals surface area contributed by atoms with E-state index in [0.29, 0.717) is 25.1 Å². The van der Waals surface area contributed by atoms with Crippen LogP contribution in [0.15, 0.2) is 42.6 Å². The lowest BCUT2D eigenvalue weighted by Gasteiger charge is -2.13. The van der Waals surface area contributed by atoms with Crippen LogP contribution >= 0.6 is 0 Å². The fourth-order valence-electron chi connectivity index (χ4n) is 2.51. The molecule has 0 aliphatic heterocycles. The molecule has 0 fully saturated rings. The van der Waals surface area contributed by atoms with E-state index in [4.69, 9.17) is 9.47 Å². The molecule has 0 bridgehead atoms. The second-order valence-corrected chi connectivity index (χ2v) is 7.31. The summed E-state index contributed by atoms with van der Waals surface area (Å²) in [5.74, 6) is 0. The highest BCUT2D eigenvalue weighted by Gasteiger charge is 2.25. The van der Waals surface area contributed by atoms with Crippen molar-refractivity contribution >= 4 is 10.1 Å². The van der Waals surface area contributed by atoms with Gasteiger partial charge in [-0.25, -0.2) is 0 Å². The molecule has 6 nitrogen and oxygen atoms in total. The summed E-state index contributed by atoms with van der Waals surface area (Å²) in [6.07, 6.45) is 2.60. The van der Waals surface area contributed by atoms with Crippen molar-refractivity contribution in [3.63, 3.8) is 0 Å². The lowest BCUT2D eigenvalue weighted by molar-refractivity contribution is -0.0390. The predicted octanol–water partition coefficient (Wildman–Crippen LogP) is 3.60. The number of methoxy groups -OCH3 is 1. The number of nitrogens with zero attached hydrogens (tertiary/aromatic N) is 1. The molecule has 1 aromatic carbocycles. The van der Waals surface area contributed by atoms with Crippen LogP contribution < -0.4 is 0 Å². The summed E-state index contributed by atoms with van der Waals surface area (Å²) in [5.41, 5.74) is 3.23. The van der Waals surface area contributed by atoms with Gasteiger partial charge in [0, 0.05) is 18.9 Å². The lowest BCUT2D eigenvalue weighted by Crippen LogP contribution is -2.13. The van der Waals surface area contributed by atoms with Gasteiger partial charge in [0.1, 0.15) is 12.0 Å². The second kappa shape index (κ2) is 9.05. The maximum Gasteiger partial charge on any atom is 0.273 e. The van der Waals surface area contributed by atoms with Crippen LogP contribution in [0.1, 0.15) is 36.3 Å². The Kier molecular flexibility index (Phi) is 7.07. The zero-order chi connectivity index (χ0) is 18.3. The van der Waals surface area contributed by atoms with Crippen molar-refractivity contribution in [3.8, 4) is 11.1 Å². The maximum absolute atomic E-state index is 11.5. The molecule has 1 atom stereocenters. The first-order valence-electron chi connectivity index (χ1n) is 8.04. The molecule has 0 radical (unpaired) electrons. The van der Waals surface area contributed by atoms with E-state index in [2.05, 4.69) is 4.98 Å². The largest absolute Gasteiger partial charge is 0.359 e. The van der Waals surface area contributed by atoms with E-state index in [1.807, 2.05) is 37.3 Å². The Balaban J connectivity index is 2.13. The summed E-state index contributed by atoms with van der Waals surface area (Å²) in [5, 5.41) is -0.980. The monoisotopic (exact) mass is 365 g/mol. The second-order valence-electron chi connectivity index (χ2n) is 5.72. The molecule has 0 saturated carbocycles. The Bertz CT molecular complexity index is 757. The molecule has 0 amide bonds. The molecule has 0 saturated heterocycles. The third kappa shape index (κ3) is 5.61. The number of hydrogen-bond donors (Lipinski definition) is 1. The van der Waals surface area contributed by atoms with Gasteiger partial charge in [0.2, 0.25) is 0 Å². The number of aromatic nitrogens is 1. The van der Waals surface area contributed by atoms with Crippen molar-refractivity contribution in [2.75, 3.05) is 13.9 Å². The Morgan fingerprint density at radius 3 is 2.32 bits per heavy atom. The zero-order valence-electron chi connectivity index (χ0n) is 14.4. The van der Waals surface area contributed by atoms with Crippen LogP contribution in [0.4, 0.5) is 0 Å². The smallest absolute Gasteiger partial charge is 0.273 e. The van der Waals surface area contributed by atoms with Crippen molar-refractivity contribution < 1.29 is 22.4 Å². The average Bonchev–Trinajstić information content (AvgIpc) is 2.60. The van der Waals surface area contributed by atoms with Crippen LogP contribution in [0.3, 0.4) is 0 Å². The van der Waals surface area contributed by atoms with Gasteiger partial charge in [-0.05, 0) is 23.6 Å². The highest BCUT2D eigenvalue weighted by Crippen LogP contribution is 2.27. The summed E-state index contributed by atoms with van der Waals surface area (Å²) in [6.45, 7) is 2.59. The minimum Gasteiger partial charge on any atom is -0.359 e. The summed E-state index contributed by atoms with van der Waals surface area (Å²) in [4.78, 5) is 4.24. The van der Waals surface area contributed by atoms with Crippen LogP contribution in [0.25, 0.3) is 11.1 Å². The molecular formula is C18H23NO5S. The average molecular weight is 365 g/mol. The molecule has 1 aromatic heterocycles. The van der Waals surface area contributed by atoms with E-state index in [9.17, 15) is 13.0 Å². The molecule has 1 heterocycles. The molecule has 136 valence electrons. The standard InChI is InChI=1S/C18H23NO5S/c1-3-4-18(25(20,21)22)17-10-9-16(11-19-17)15-7-5-14(6-8-15)12-24-13-23-2/h5-11,18H,3-4,12-13H2,1-2H3,(H,20,21,22). The third-order valence-corrected chi connectivity index (χ3v) is 4.98. The van der Waals surface area contributed by atoms with Crippen LogP contribution in [-0.4, -0.2) is 31.9 Å². The topological polar surface area (TPSA) is 85.7 Å². The van der Waals surface area contributed by atoms with Gasteiger partial charge >= 0.3 is 0 Å². The van der Waals surface area contributed by atoms with Crippen molar-refractivity contribution in [2.24, 2.45) is 0 Å². The first-order valence-corrected chi connectivity index (χ1v) is 9.54. The molecule has 1 N–H and O–H groups in total. The summed E-state index contributed by atoms with van der Waals surface area (Å²) in [6, 6.07) is 11.3. The number of pyridine rings is 1. The third-order valence-electron chi connectivity index (χ3n) is 3.78. The Hall–Kier alpha value is -1.80. The number of hydrogen-bond acceptors (Lipinski definition) is 5.